The number of aromatic nitrogens is 1. The molecule has 1 unspecified atom stereocenters. The van der Waals surface area contributed by atoms with Crippen LogP contribution in [0, 0.1) is 5.92 Å². The molecular formula is C16H19F3N2O3S. The summed E-state index contributed by atoms with van der Waals surface area (Å²) in [5.41, 5.74) is -0.806. The van der Waals surface area contributed by atoms with E-state index >= 15 is 0 Å². The van der Waals surface area contributed by atoms with Gasteiger partial charge in [0, 0.05) is 30.8 Å². The first-order chi connectivity index (χ1) is 11.5. The average molecular weight is 376 g/mol. The average Bonchev–Trinajstić information content (AvgIpc) is 3.30. The number of amides is 1. The maximum absolute atomic E-state index is 13.1. The minimum Gasteiger partial charge on any atom is -0.341 e. The molecular weight excluding hydrogens is 357 g/mol. The van der Waals surface area contributed by atoms with Crippen LogP contribution in [0.2, 0.25) is 0 Å². The third-order valence-electron chi connectivity index (χ3n) is 4.58. The number of halogens is 3. The summed E-state index contributed by atoms with van der Waals surface area (Å²) in [6.45, 7) is 0.209. The highest BCUT2D eigenvalue weighted by atomic mass is 32.2. The van der Waals surface area contributed by atoms with Crippen molar-refractivity contribution in [3.63, 3.8) is 0 Å². The van der Waals surface area contributed by atoms with E-state index in [0.29, 0.717) is 12.1 Å². The van der Waals surface area contributed by atoms with Gasteiger partial charge in [-0.15, -0.1) is 0 Å². The lowest BCUT2D eigenvalue weighted by molar-refractivity contribution is -0.141. The van der Waals surface area contributed by atoms with E-state index in [2.05, 4.69) is 4.98 Å². The summed E-state index contributed by atoms with van der Waals surface area (Å²) in [5.74, 6) is -0.620. The van der Waals surface area contributed by atoms with E-state index < -0.39 is 27.6 Å². The topological polar surface area (TPSA) is 67.3 Å². The zero-order valence-corrected chi connectivity index (χ0v) is 14.5. The fourth-order valence-electron chi connectivity index (χ4n) is 3.12. The van der Waals surface area contributed by atoms with Gasteiger partial charge in [-0.2, -0.15) is 13.2 Å². The summed E-state index contributed by atoms with van der Waals surface area (Å²) >= 11 is 0. The number of hydrogen-bond donors (Lipinski definition) is 0. The summed E-state index contributed by atoms with van der Waals surface area (Å²) in [6.07, 6.45) is -2.59. The Morgan fingerprint density at radius 3 is 2.48 bits per heavy atom. The molecule has 0 radical (unpaired) electrons. The van der Waals surface area contributed by atoms with Crippen molar-refractivity contribution >= 4 is 15.7 Å². The highest BCUT2D eigenvalue weighted by Crippen LogP contribution is 2.40. The van der Waals surface area contributed by atoms with Crippen molar-refractivity contribution in [2.75, 3.05) is 25.1 Å². The molecule has 3 rings (SSSR count). The number of carbonyl (C=O) groups is 1. The molecule has 0 bridgehead atoms. The third kappa shape index (κ3) is 4.31. The number of alkyl halides is 3. The summed E-state index contributed by atoms with van der Waals surface area (Å²) in [4.78, 5) is 17.5. The Bertz CT molecular complexity index is 788. The molecule has 0 N–H and O–H groups in total. The zero-order chi connectivity index (χ0) is 18.4. The highest BCUT2D eigenvalue weighted by molar-refractivity contribution is 7.91. The van der Waals surface area contributed by atoms with E-state index in [4.69, 9.17) is 0 Å². The molecule has 0 spiro atoms. The van der Waals surface area contributed by atoms with Gasteiger partial charge < -0.3 is 4.90 Å². The van der Waals surface area contributed by atoms with Gasteiger partial charge >= 0.3 is 6.18 Å². The van der Waals surface area contributed by atoms with E-state index in [1.165, 1.54) is 18.0 Å². The number of nitrogens with zero attached hydrogens (tertiary/aromatic N) is 2. The summed E-state index contributed by atoms with van der Waals surface area (Å²) < 4.78 is 62.2. The number of sulfone groups is 1. The summed E-state index contributed by atoms with van der Waals surface area (Å²) in [7, 11) is -1.58. The van der Waals surface area contributed by atoms with Crippen molar-refractivity contribution in [1.29, 1.82) is 0 Å². The normalized spacial score (nSPS) is 22.8. The van der Waals surface area contributed by atoms with Gasteiger partial charge in [-0.1, -0.05) is 0 Å². The van der Waals surface area contributed by atoms with Crippen LogP contribution in [0.3, 0.4) is 0 Å². The molecule has 0 aromatic carbocycles. The Balaban J connectivity index is 1.80. The molecule has 2 heterocycles. The van der Waals surface area contributed by atoms with Gasteiger partial charge in [0.05, 0.1) is 11.5 Å². The molecule has 1 aliphatic heterocycles. The van der Waals surface area contributed by atoms with Crippen LogP contribution in [0.5, 0.6) is 0 Å². The smallest absolute Gasteiger partial charge is 0.341 e. The second-order valence-corrected chi connectivity index (χ2v) is 9.12. The molecule has 2 aliphatic rings. The van der Waals surface area contributed by atoms with Crippen LogP contribution in [0.1, 0.15) is 46.9 Å². The van der Waals surface area contributed by atoms with E-state index in [1.807, 2.05) is 0 Å². The predicted molar refractivity (Wildman–Crippen MR) is 84.9 cm³/mol. The molecule has 1 saturated heterocycles. The van der Waals surface area contributed by atoms with Crippen LogP contribution in [0.25, 0.3) is 0 Å². The summed E-state index contributed by atoms with van der Waals surface area (Å²) in [5, 5.41) is 0. The molecule has 1 atom stereocenters. The van der Waals surface area contributed by atoms with Gasteiger partial charge in [0.2, 0.25) is 0 Å². The first kappa shape index (κ1) is 18.2. The molecule has 9 heteroatoms. The molecule has 1 aromatic rings. The lowest BCUT2D eigenvalue weighted by Gasteiger charge is -2.21. The monoisotopic (exact) mass is 376 g/mol. The standard InChI is InChI=1S/C16H19F3N2O3S/c1-21(8-10-4-5-25(23,24)9-10)15(22)12-6-13(11-2-3-11)20-14(7-12)16(17,18)19/h6-7,10-11H,2-5,8-9H2,1H3. The lowest BCUT2D eigenvalue weighted by Crippen LogP contribution is -2.32. The molecule has 1 amide bonds. The lowest BCUT2D eigenvalue weighted by atomic mass is 10.1. The highest BCUT2D eigenvalue weighted by Gasteiger charge is 2.36. The minimum atomic E-state index is -4.61. The van der Waals surface area contributed by atoms with Gasteiger partial charge in [0.1, 0.15) is 5.69 Å². The molecule has 138 valence electrons. The number of hydrogen-bond acceptors (Lipinski definition) is 4. The van der Waals surface area contributed by atoms with E-state index in [1.54, 1.807) is 0 Å². The quantitative estimate of drug-likeness (QED) is 0.810. The Hall–Kier alpha value is -1.64. The zero-order valence-electron chi connectivity index (χ0n) is 13.7. The van der Waals surface area contributed by atoms with E-state index in [-0.39, 0.29) is 35.4 Å². The Morgan fingerprint density at radius 1 is 1.28 bits per heavy atom. The van der Waals surface area contributed by atoms with Crippen molar-refractivity contribution in [3.8, 4) is 0 Å². The van der Waals surface area contributed by atoms with Crippen LogP contribution in [-0.2, 0) is 16.0 Å². The second-order valence-electron chi connectivity index (χ2n) is 6.89. The van der Waals surface area contributed by atoms with Crippen molar-refractivity contribution < 1.29 is 26.4 Å². The SMILES string of the molecule is CN(CC1CCS(=O)(=O)C1)C(=O)c1cc(C2CC2)nc(C(F)(F)F)c1. The minimum absolute atomic E-state index is 0.0147. The van der Waals surface area contributed by atoms with Gasteiger partial charge in [0.25, 0.3) is 5.91 Å². The first-order valence-electron chi connectivity index (χ1n) is 8.10. The first-order valence-corrected chi connectivity index (χ1v) is 9.92. The molecule has 5 nitrogen and oxygen atoms in total. The van der Waals surface area contributed by atoms with Crippen molar-refractivity contribution in [2.45, 2.75) is 31.4 Å². The molecule has 1 saturated carbocycles. The molecule has 1 aliphatic carbocycles. The largest absolute Gasteiger partial charge is 0.433 e. The fourth-order valence-corrected chi connectivity index (χ4v) is 4.96. The van der Waals surface area contributed by atoms with Gasteiger partial charge in [-0.05, 0) is 37.3 Å². The van der Waals surface area contributed by atoms with Gasteiger partial charge in [0.15, 0.2) is 9.84 Å². The number of rotatable bonds is 4. The van der Waals surface area contributed by atoms with E-state index in [0.717, 1.165) is 18.9 Å². The Kier molecular flexibility index (Phi) is 4.55. The van der Waals surface area contributed by atoms with Crippen LogP contribution in [0.4, 0.5) is 13.2 Å². The molecule has 1 aromatic heterocycles. The maximum Gasteiger partial charge on any atom is 0.433 e. The summed E-state index contributed by atoms with van der Waals surface area (Å²) in [6, 6.07) is 2.20. The van der Waals surface area contributed by atoms with Crippen LogP contribution >= 0.6 is 0 Å². The second kappa shape index (κ2) is 6.26. The fraction of sp³-hybridized carbons (Fsp3) is 0.625. The third-order valence-corrected chi connectivity index (χ3v) is 6.42. The van der Waals surface area contributed by atoms with Crippen molar-refractivity contribution in [1.82, 2.24) is 9.88 Å². The van der Waals surface area contributed by atoms with Crippen LogP contribution in [-0.4, -0.2) is 49.3 Å². The Morgan fingerprint density at radius 2 is 1.96 bits per heavy atom. The predicted octanol–water partition coefficient (Wildman–Crippen LogP) is 2.48. The molecule has 2 fully saturated rings. The van der Waals surface area contributed by atoms with E-state index in [9.17, 15) is 26.4 Å². The van der Waals surface area contributed by atoms with Crippen LogP contribution < -0.4 is 0 Å². The molecule has 25 heavy (non-hydrogen) atoms. The Labute approximate surface area is 144 Å². The van der Waals surface area contributed by atoms with Gasteiger partial charge in [-0.3, -0.25) is 4.79 Å². The van der Waals surface area contributed by atoms with Gasteiger partial charge in [-0.25, -0.2) is 13.4 Å². The van der Waals surface area contributed by atoms with Crippen molar-refractivity contribution in [3.05, 3.63) is 29.1 Å². The number of carbonyl (C=O) groups excluding carboxylic acids is 1. The van der Waals surface area contributed by atoms with Crippen LogP contribution in [0.15, 0.2) is 12.1 Å². The maximum atomic E-state index is 13.1. The van der Waals surface area contributed by atoms with Crippen molar-refractivity contribution in [2.24, 2.45) is 5.92 Å². The number of pyridine rings is 1.